The van der Waals surface area contributed by atoms with Crippen LogP contribution in [0.15, 0.2) is 64.9 Å². The maximum atomic E-state index is 12.3. The van der Waals surface area contributed by atoms with Crippen molar-refractivity contribution in [2.75, 3.05) is 0 Å². The van der Waals surface area contributed by atoms with Gasteiger partial charge in [0.25, 0.3) is 11.5 Å². The number of rotatable bonds is 5. The van der Waals surface area contributed by atoms with E-state index in [-0.39, 0.29) is 23.5 Å². The standard InChI is InChI=1S/C19H16ClN3O3S/c20-15-6-3-13(4-7-15)11-23-12-14(5-8-18(23)25)19(26)22-21-17(24)10-16-2-1-9-27-16/h1-9,12H,10-11H2,(H,21,24)(H,22,26). The predicted molar refractivity (Wildman–Crippen MR) is 105 cm³/mol. The first kappa shape index (κ1) is 18.9. The van der Waals surface area contributed by atoms with Crippen LogP contribution in [0.2, 0.25) is 5.02 Å². The zero-order valence-electron chi connectivity index (χ0n) is 14.1. The van der Waals surface area contributed by atoms with Gasteiger partial charge in [-0.3, -0.25) is 25.2 Å². The van der Waals surface area contributed by atoms with E-state index in [0.717, 1.165) is 10.4 Å². The highest BCUT2D eigenvalue weighted by Crippen LogP contribution is 2.11. The lowest BCUT2D eigenvalue weighted by Gasteiger charge is -2.10. The van der Waals surface area contributed by atoms with Crippen LogP contribution in [-0.4, -0.2) is 16.4 Å². The molecule has 2 heterocycles. The highest BCUT2D eigenvalue weighted by molar-refractivity contribution is 7.10. The van der Waals surface area contributed by atoms with Crippen LogP contribution in [0.1, 0.15) is 20.8 Å². The molecule has 0 unspecified atom stereocenters. The molecule has 0 radical (unpaired) electrons. The summed E-state index contributed by atoms with van der Waals surface area (Å²) in [4.78, 5) is 37.1. The number of carbonyl (C=O) groups is 2. The van der Waals surface area contributed by atoms with Crippen LogP contribution in [0.5, 0.6) is 0 Å². The van der Waals surface area contributed by atoms with Crippen molar-refractivity contribution in [1.29, 1.82) is 0 Å². The third-order valence-electron chi connectivity index (χ3n) is 3.74. The molecule has 2 aromatic heterocycles. The number of benzene rings is 1. The minimum absolute atomic E-state index is 0.189. The number of amides is 2. The van der Waals surface area contributed by atoms with Crippen LogP contribution in [0, 0.1) is 0 Å². The summed E-state index contributed by atoms with van der Waals surface area (Å²) in [5.41, 5.74) is 5.65. The Bertz CT molecular complexity index is 998. The van der Waals surface area contributed by atoms with Crippen LogP contribution in [-0.2, 0) is 17.8 Å². The molecule has 8 heteroatoms. The highest BCUT2D eigenvalue weighted by atomic mass is 35.5. The van der Waals surface area contributed by atoms with Crippen LogP contribution in [0.25, 0.3) is 0 Å². The molecule has 0 spiro atoms. The number of hydrogen-bond donors (Lipinski definition) is 2. The Balaban J connectivity index is 1.63. The summed E-state index contributed by atoms with van der Waals surface area (Å²) in [5, 5.41) is 2.49. The molecule has 0 atom stereocenters. The lowest BCUT2D eigenvalue weighted by Crippen LogP contribution is -2.42. The molecule has 27 heavy (non-hydrogen) atoms. The van der Waals surface area contributed by atoms with Crippen LogP contribution in [0.3, 0.4) is 0 Å². The smallest absolute Gasteiger partial charge is 0.271 e. The van der Waals surface area contributed by atoms with Gasteiger partial charge in [0.15, 0.2) is 0 Å². The number of carbonyl (C=O) groups excluding carboxylic acids is 2. The largest absolute Gasteiger partial charge is 0.310 e. The van der Waals surface area contributed by atoms with E-state index >= 15 is 0 Å². The average Bonchev–Trinajstić information content (AvgIpc) is 3.16. The normalized spacial score (nSPS) is 10.4. The lowest BCUT2D eigenvalue weighted by atomic mass is 10.2. The van der Waals surface area contributed by atoms with Crippen LogP contribution < -0.4 is 16.4 Å². The van der Waals surface area contributed by atoms with E-state index in [2.05, 4.69) is 10.9 Å². The van der Waals surface area contributed by atoms with E-state index in [1.54, 1.807) is 12.1 Å². The zero-order valence-corrected chi connectivity index (χ0v) is 15.7. The number of pyridine rings is 1. The molecule has 6 nitrogen and oxygen atoms in total. The summed E-state index contributed by atoms with van der Waals surface area (Å²) in [6.45, 7) is 0.307. The fourth-order valence-electron chi connectivity index (χ4n) is 2.39. The van der Waals surface area contributed by atoms with Gasteiger partial charge in [-0.15, -0.1) is 11.3 Å². The molecule has 1 aromatic carbocycles. The monoisotopic (exact) mass is 401 g/mol. The molecular formula is C19H16ClN3O3S. The minimum atomic E-state index is -0.501. The number of nitrogens with zero attached hydrogens (tertiary/aromatic N) is 1. The van der Waals surface area contributed by atoms with Gasteiger partial charge < -0.3 is 4.57 Å². The molecule has 2 amide bonds. The Kier molecular flexibility index (Phi) is 6.05. The fourth-order valence-corrected chi connectivity index (χ4v) is 3.22. The summed E-state index contributed by atoms with van der Waals surface area (Å²) in [7, 11) is 0. The van der Waals surface area contributed by atoms with Gasteiger partial charge in [0.1, 0.15) is 0 Å². The summed E-state index contributed by atoms with van der Waals surface area (Å²) in [6, 6.07) is 13.5. The second kappa shape index (κ2) is 8.66. The maximum absolute atomic E-state index is 12.3. The molecule has 0 saturated heterocycles. The van der Waals surface area contributed by atoms with Gasteiger partial charge in [-0.1, -0.05) is 29.8 Å². The summed E-state index contributed by atoms with van der Waals surface area (Å²) < 4.78 is 1.42. The van der Waals surface area contributed by atoms with Crippen LogP contribution in [0.4, 0.5) is 0 Å². The Hall–Kier alpha value is -2.90. The Morgan fingerprint density at radius 1 is 1.04 bits per heavy atom. The quantitative estimate of drug-likeness (QED) is 0.645. The van der Waals surface area contributed by atoms with E-state index in [9.17, 15) is 14.4 Å². The molecule has 0 fully saturated rings. The number of halogens is 1. The molecular weight excluding hydrogens is 386 g/mol. The molecule has 2 N–H and O–H groups in total. The maximum Gasteiger partial charge on any atom is 0.271 e. The molecule has 3 rings (SSSR count). The fraction of sp³-hybridized carbons (Fsp3) is 0.105. The van der Waals surface area contributed by atoms with Crippen molar-refractivity contribution < 1.29 is 9.59 Å². The second-order valence-electron chi connectivity index (χ2n) is 5.77. The van der Waals surface area contributed by atoms with Gasteiger partial charge in [0.2, 0.25) is 5.91 Å². The highest BCUT2D eigenvalue weighted by Gasteiger charge is 2.10. The van der Waals surface area contributed by atoms with E-state index in [1.807, 2.05) is 29.6 Å². The Morgan fingerprint density at radius 3 is 2.52 bits per heavy atom. The predicted octanol–water partition coefficient (Wildman–Crippen LogP) is 2.62. The lowest BCUT2D eigenvalue weighted by molar-refractivity contribution is -0.121. The van der Waals surface area contributed by atoms with Gasteiger partial charge in [-0.2, -0.15) is 0 Å². The molecule has 0 aliphatic rings. The van der Waals surface area contributed by atoms with Gasteiger partial charge in [0.05, 0.1) is 18.5 Å². The van der Waals surface area contributed by atoms with Crippen molar-refractivity contribution >= 4 is 34.8 Å². The molecule has 138 valence electrons. The van der Waals surface area contributed by atoms with E-state index in [1.165, 1.54) is 34.2 Å². The molecule has 0 aliphatic heterocycles. The summed E-state index contributed by atoms with van der Waals surface area (Å²) in [6.07, 6.45) is 1.64. The number of hydrogen-bond acceptors (Lipinski definition) is 4. The third kappa shape index (κ3) is 5.29. The van der Waals surface area contributed by atoms with Gasteiger partial charge in [-0.25, -0.2) is 0 Å². The SMILES string of the molecule is O=C(Cc1cccs1)NNC(=O)c1ccc(=O)n(Cc2ccc(Cl)cc2)c1. The van der Waals surface area contributed by atoms with Gasteiger partial charge in [0, 0.05) is 22.2 Å². The van der Waals surface area contributed by atoms with E-state index < -0.39 is 5.91 Å². The van der Waals surface area contributed by atoms with Crippen molar-refractivity contribution in [3.05, 3.63) is 91.5 Å². The zero-order chi connectivity index (χ0) is 19.2. The van der Waals surface area contributed by atoms with E-state index in [0.29, 0.717) is 11.6 Å². The van der Waals surface area contributed by atoms with Gasteiger partial charge >= 0.3 is 0 Å². The number of hydrazine groups is 1. The summed E-state index contributed by atoms with van der Waals surface area (Å²) >= 11 is 7.33. The van der Waals surface area contributed by atoms with Crippen LogP contribution >= 0.6 is 22.9 Å². The third-order valence-corrected chi connectivity index (χ3v) is 4.87. The topological polar surface area (TPSA) is 80.2 Å². The van der Waals surface area contributed by atoms with Crippen molar-refractivity contribution in [1.82, 2.24) is 15.4 Å². The number of aromatic nitrogens is 1. The minimum Gasteiger partial charge on any atom is -0.310 e. The van der Waals surface area contributed by atoms with Crippen molar-refractivity contribution in [3.63, 3.8) is 0 Å². The molecule has 0 saturated carbocycles. The molecule has 0 aliphatic carbocycles. The Labute approximate surface area is 164 Å². The van der Waals surface area contributed by atoms with Crippen molar-refractivity contribution in [2.24, 2.45) is 0 Å². The molecule has 3 aromatic rings. The number of thiophene rings is 1. The second-order valence-corrected chi connectivity index (χ2v) is 7.24. The Morgan fingerprint density at radius 2 is 1.81 bits per heavy atom. The average molecular weight is 402 g/mol. The first-order valence-corrected chi connectivity index (χ1v) is 9.33. The summed E-state index contributed by atoms with van der Waals surface area (Å²) in [5.74, 6) is -0.820. The van der Waals surface area contributed by atoms with Crippen molar-refractivity contribution in [3.8, 4) is 0 Å². The number of nitrogens with one attached hydrogen (secondary N) is 2. The van der Waals surface area contributed by atoms with Crippen molar-refractivity contribution in [2.45, 2.75) is 13.0 Å². The first-order valence-electron chi connectivity index (χ1n) is 8.08. The molecule has 0 bridgehead atoms. The van der Waals surface area contributed by atoms with Gasteiger partial charge in [-0.05, 0) is 35.2 Å². The van der Waals surface area contributed by atoms with E-state index in [4.69, 9.17) is 11.6 Å². The first-order chi connectivity index (χ1) is 13.0.